The fraction of sp³-hybridized carbons (Fsp3) is 0.897. The Bertz CT molecular complexity index is 547. The average Bonchev–Trinajstić information content (AvgIpc) is 3.12. The van der Waals surface area contributed by atoms with Gasteiger partial charge >= 0.3 is 0 Å². The minimum absolute atomic E-state index is 0.784. The van der Waals surface area contributed by atoms with Crippen LogP contribution in [-0.4, -0.2) is 0 Å². The van der Waals surface area contributed by atoms with Gasteiger partial charge in [0, 0.05) is 5.92 Å². The van der Waals surface area contributed by atoms with Crippen molar-refractivity contribution in [3.8, 4) is 0 Å². The number of allylic oxidation sites excluding steroid dienone is 2. The summed E-state index contributed by atoms with van der Waals surface area (Å²) in [6.07, 6.45) is 29.7. The fourth-order valence-corrected chi connectivity index (χ4v) is 8.55. The second kappa shape index (κ2) is 8.70. The lowest BCUT2D eigenvalue weighted by atomic mass is 9.58. The molecule has 0 bridgehead atoms. The molecule has 5 aliphatic rings. The van der Waals surface area contributed by atoms with Gasteiger partial charge < -0.3 is 0 Å². The van der Waals surface area contributed by atoms with Crippen LogP contribution in [0.5, 0.6) is 0 Å². The smallest absolute Gasteiger partial charge is 0.000956 e. The summed E-state index contributed by atoms with van der Waals surface area (Å²) in [6, 6.07) is 0. The molecule has 0 amide bonds. The summed E-state index contributed by atoms with van der Waals surface area (Å²) in [5.74, 6) is 8.84. The molecule has 4 fully saturated rings. The molecule has 0 nitrogen and oxygen atoms in total. The number of hydrogen-bond donors (Lipinski definition) is 0. The highest BCUT2D eigenvalue weighted by Crippen LogP contribution is 2.54. The lowest BCUT2D eigenvalue weighted by Crippen LogP contribution is -2.35. The number of rotatable bonds is 3. The maximum Gasteiger partial charge on any atom is 0.000956 e. The standard InChI is InChI=1S/C29H47/c1-21-3-7-25(8-4-21)26-13-17-29(18-14-26)15-11-23(12-16-29)19-24-6-10-27-9-5-22(2)28(27)20-24/h5,9,21-26,28H,3-4,6-8,10-20H2,1-2H3. The Morgan fingerprint density at radius 2 is 1.41 bits per heavy atom. The highest BCUT2D eigenvalue weighted by molar-refractivity contribution is 5.24. The molecule has 29 heavy (non-hydrogen) atoms. The molecule has 0 heteroatoms. The predicted molar refractivity (Wildman–Crippen MR) is 124 cm³/mol. The van der Waals surface area contributed by atoms with E-state index in [1.165, 1.54) is 32.1 Å². The summed E-state index contributed by atoms with van der Waals surface area (Å²) in [6.45, 7) is 4.92. The van der Waals surface area contributed by atoms with Crippen molar-refractivity contribution in [1.82, 2.24) is 0 Å². The van der Waals surface area contributed by atoms with E-state index in [9.17, 15) is 0 Å². The van der Waals surface area contributed by atoms with Gasteiger partial charge in [0.25, 0.3) is 0 Å². The first-order valence-electron chi connectivity index (χ1n) is 13.6. The summed E-state index contributed by atoms with van der Waals surface area (Å²) in [4.78, 5) is 0. The van der Waals surface area contributed by atoms with Crippen molar-refractivity contribution < 1.29 is 0 Å². The van der Waals surface area contributed by atoms with Crippen LogP contribution in [0, 0.1) is 52.8 Å². The van der Waals surface area contributed by atoms with E-state index in [4.69, 9.17) is 0 Å². The van der Waals surface area contributed by atoms with E-state index in [0.29, 0.717) is 0 Å². The highest BCUT2D eigenvalue weighted by atomic mass is 14.5. The summed E-state index contributed by atoms with van der Waals surface area (Å²) in [5.41, 5.74) is 0.784. The monoisotopic (exact) mass is 395 g/mol. The second-order valence-electron chi connectivity index (χ2n) is 12.6. The van der Waals surface area contributed by atoms with E-state index in [1.807, 2.05) is 0 Å². The quantitative estimate of drug-likeness (QED) is 0.448. The van der Waals surface area contributed by atoms with E-state index in [1.54, 1.807) is 76.5 Å². The van der Waals surface area contributed by atoms with Gasteiger partial charge in [0.15, 0.2) is 0 Å². The van der Waals surface area contributed by atoms with Crippen LogP contribution in [0.2, 0.25) is 0 Å². The first-order valence-corrected chi connectivity index (χ1v) is 13.6. The molecule has 0 aromatic heterocycles. The highest BCUT2D eigenvalue weighted by Gasteiger charge is 2.42. The van der Waals surface area contributed by atoms with E-state index >= 15 is 0 Å². The van der Waals surface area contributed by atoms with Crippen LogP contribution in [0.4, 0.5) is 0 Å². The first kappa shape index (κ1) is 20.6. The fourth-order valence-electron chi connectivity index (χ4n) is 8.55. The molecule has 4 saturated carbocycles. The molecule has 5 rings (SSSR count). The topological polar surface area (TPSA) is 0 Å². The van der Waals surface area contributed by atoms with Gasteiger partial charge in [0.2, 0.25) is 0 Å². The molecule has 0 aliphatic heterocycles. The zero-order valence-corrected chi connectivity index (χ0v) is 19.5. The largest absolute Gasteiger partial charge is 0.0848 e. The Balaban J connectivity index is 1.06. The van der Waals surface area contributed by atoms with Crippen LogP contribution in [0.15, 0.2) is 12.2 Å². The van der Waals surface area contributed by atoms with E-state index in [-0.39, 0.29) is 0 Å². The molecule has 0 aromatic rings. The van der Waals surface area contributed by atoms with Gasteiger partial charge in [-0.05, 0) is 137 Å². The van der Waals surface area contributed by atoms with Crippen molar-refractivity contribution in [2.24, 2.45) is 46.8 Å². The molecule has 1 spiro atoms. The Labute approximate surface area is 181 Å². The zero-order valence-electron chi connectivity index (χ0n) is 19.5. The summed E-state index contributed by atoms with van der Waals surface area (Å²) < 4.78 is 0. The van der Waals surface area contributed by atoms with Gasteiger partial charge in [-0.25, -0.2) is 0 Å². The van der Waals surface area contributed by atoms with Crippen molar-refractivity contribution >= 4 is 0 Å². The molecular formula is C29H47. The third-order valence-corrected chi connectivity index (χ3v) is 10.8. The number of hydrogen-bond acceptors (Lipinski definition) is 0. The maximum atomic E-state index is 2.48. The summed E-state index contributed by atoms with van der Waals surface area (Å²) in [7, 11) is 0. The maximum absolute atomic E-state index is 2.48. The Kier molecular flexibility index (Phi) is 6.19. The lowest BCUT2D eigenvalue weighted by molar-refractivity contribution is 0.0439. The van der Waals surface area contributed by atoms with Crippen molar-refractivity contribution in [3.05, 3.63) is 18.1 Å². The predicted octanol–water partition coefficient (Wildman–Crippen LogP) is 8.77. The van der Waals surface area contributed by atoms with Crippen LogP contribution >= 0.6 is 0 Å². The van der Waals surface area contributed by atoms with Gasteiger partial charge in [0.05, 0.1) is 0 Å². The molecule has 0 saturated heterocycles. The van der Waals surface area contributed by atoms with Gasteiger partial charge in [-0.2, -0.15) is 0 Å². The summed E-state index contributed by atoms with van der Waals surface area (Å²) >= 11 is 0. The molecular weight excluding hydrogens is 348 g/mol. The van der Waals surface area contributed by atoms with Crippen molar-refractivity contribution in [1.29, 1.82) is 0 Å². The molecule has 5 aliphatic carbocycles. The zero-order chi connectivity index (χ0) is 19.8. The SMILES string of the molecule is CC1CCC(C2CCC3(CCC(CC4CC[C]5C=CC(C)C5C4)CC3)CC2)CC1. The molecule has 163 valence electrons. The molecule has 3 unspecified atom stereocenters. The first-order chi connectivity index (χ1) is 14.1. The van der Waals surface area contributed by atoms with Crippen molar-refractivity contribution in [2.45, 2.75) is 117 Å². The van der Waals surface area contributed by atoms with Gasteiger partial charge in [-0.1, -0.05) is 38.8 Å². The molecule has 0 N–H and O–H groups in total. The lowest BCUT2D eigenvalue weighted by Gasteiger charge is -2.47. The average molecular weight is 396 g/mol. The Morgan fingerprint density at radius 1 is 0.759 bits per heavy atom. The van der Waals surface area contributed by atoms with E-state index in [2.05, 4.69) is 26.0 Å². The Morgan fingerprint density at radius 3 is 2.14 bits per heavy atom. The van der Waals surface area contributed by atoms with Gasteiger partial charge in [0.1, 0.15) is 0 Å². The van der Waals surface area contributed by atoms with Crippen LogP contribution in [-0.2, 0) is 0 Å². The summed E-state index contributed by atoms with van der Waals surface area (Å²) in [5, 5.41) is 0. The van der Waals surface area contributed by atoms with Crippen LogP contribution in [0.3, 0.4) is 0 Å². The molecule has 3 atom stereocenters. The third-order valence-electron chi connectivity index (χ3n) is 10.8. The minimum Gasteiger partial charge on any atom is -0.0848 e. The second-order valence-corrected chi connectivity index (χ2v) is 12.6. The molecule has 0 aromatic carbocycles. The van der Waals surface area contributed by atoms with E-state index in [0.717, 1.165) is 46.8 Å². The van der Waals surface area contributed by atoms with Crippen molar-refractivity contribution in [3.63, 3.8) is 0 Å². The third kappa shape index (κ3) is 4.52. The minimum atomic E-state index is 0.784. The van der Waals surface area contributed by atoms with Crippen LogP contribution in [0.1, 0.15) is 117 Å². The normalized spacial score (nSPS) is 48.7. The van der Waals surface area contributed by atoms with Gasteiger partial charge in [-0.15, -0.1) is 0 Å². The Hall–Kier alpha value is -0.260. The van der Waals surface area contributed by atoms with Crippen LogP contribution < -0.4 is 0 Å². The number of fused-ring (bicyclic) bond motifs is 1. The van der Waals surface area contributed by atoms with Crippen LogP contribution in [0.25, 0.3) is 0 Å². The van der Waals surface area contributed by atoms with Gasteiger partial charge in [-0.3, -0.25) is 0 Å². The van der Waals surface area contributed by atoms with E-state index < -0.39 is 0 Å². The molecule has 0 heterocycles. The van der Waals surface area contributed by atoms with Crippen molar-refractivity contribution in [2.75, 3.05) is 0 Å². The molecule has 1 radical (unpaired) electrons.